The second kappa shape index (κ2) is 8.12. The molecule has 2 rings (SSSR count). The van der Waals surface area contributed by atoms with E-state index < -0.39 is 17.9 Å². The Labute approximate surface area is 152 Å². The summed E-state index contributed by atoms with van der Waals surface area (Å²) in [5.41, 5.74) is -0.135. The molecule has 7 nitrogen and oxygen atoms in total. The maximum absolute atomic E-state index is 12.9. The summed E-state index contributed by atoms with van der Waals surface area (Å²) >= 11 is 0. The van der Waals surface area contributed by atoms with Crippen molar-refractivity contribution in [1.82, 2.24) is 15.1 Å². The molecule has 7 heteroatoms. The van der Waals surface area contributed by atoms with Crippen LogP contribution in [-0.2, 0) is 9.53 Å². The van der Waals surface area contributed by atoms with Crippen LogP contribution in [-0.4, -0.2) is 34.8 Å². The fourth-order valence-electron chi connectivity index (χ4n) is 2.73. The molecule has 1 N–H and O–H groups in total. The van der Waals surface area contributed by atoms with Gasteiger partial charge in [-0.3, -0.25) is 9.59 Å². The number of carbonyl (C=O) groups is 2. The van der Waals surface area contributed by atoms with Gasteiger partial charge < -0.3 is 10.1 Å². The molecule has 140 valence electrons. The van der Waals surface area contributed by atoms with Crippen molar-refractivity contribution in [1.29, 1.82) is 0 Å². The van der Waals surface area contributed by atoms with Crippen molar-refractivity contribution in [3.63, 3.8) is 0 Å². The summed E-state index contributed by atoms with van der Waals surface area (Å²) in [5.74, 6) is -1.12. The first-order valence-corrected chi connectivity index (χ1v) is 8.72. The predicted molar refractivity (Wildman–Crippen MR) is 99.1 cm³/mol. The molecular weight excluding hydrogens is 334 g/mol. The van der Waals surface area contributed by atoms with Gasteiger partial charge in [-0.25, -0.2) is 9.48 Å². The number of benzene rings is 1. The van der Waals surface area contributed by atoms with Crippen LogP contribution in [0.1, 0.15) is 50.6 Å². The van der Waals surface area contributed by atoms with Gasteiger partial charge in [-0.15, -0.1) is 0 Å². The number of rotatable bonds is 6. The first-order chi connectivity index (χ1) is 12.3. The Kier molecular flexibility index (Phi) is 6.13. The zero-order valence-electron chi connectivity index (χ0n) is 15.8. The molecule has 0 aliphatic heterocycles. The summed E-state index contributed by atoms with van der Waals surface area (Å²) in [6.07, 6.45) is 0.694. The molecule has 0 aliphatic carbocycles. The van der Waals surface area contributed by atoms with Crippen molar-refractivity contribution in [3.05, 3.63) is 40.3 Å². The summed E-state index contributed by atoms with van der Waals surface area (Å²) in [6.45, 7) is 7.43. The molecular formula is C19H25N3O4. The normalized spacial score (nSPS) is 13.5. The van der Waals surface area contributed by atoms with E-state index in [2.05, 4.69) is 10.4 Å². The van der Waals surface area contributed by atoms with E-state index in [0.717, 1.165) is 0 Å². The fourth-order valence-corrected chi connectivity index (χ4v) is 2.73. The van der Waals surface area contributed by atoms with E-state index in [4.69, 9.17) is 4.74 Å². The van der Waals surface area contributed by atoms with Gasteiger partial charge in [0.25, 0.3) is 11.5 Å². The third kappa shape index (κ3) is 3.76. The molecule has 0 spiro atoms. The number of nitrogens with zero attached hydrogens (tertiary/aromatic N) is 2. The van der Waals surface area contributed by atoms with Gasteiger partial charge in [-0.05, 0) is 25.8 Å². The van der Waals surface area contributed by atoms with E-state index in [1.165, 1.54) is 11.8 Å². The van der Waals surface area contributed by atoms with Gasteiger partial charge in [0.05, 0.1) is 18.5 Å². The third-order valence-electron chi connectivity index (χ3n) is 4.49. The lowest BCUT2D eigenvalue weighted by Gasteiger charge is -2.22. The topological polar surface area (TPSA) is 90.3 Å². The van der Waals surface area contributed by atoms with Gasteiger partial charge in [0, 0.05) is 5.39 Å². The average Bonchev–Trinajstić information content (AvgIpc) is 2.64. The molecule has 1 heterocycles. The van der Waals surface area contributed by atoms with Crippen molar-refractivity contribution in [3.8, 4) is 0 Å². The zero-order valence-corrected chi connectivity index (χ0v) is 15.8. The van der Waals surface area contributed by atoms with Gasteiger partial charge in [0.1, 0.15) is 6.04 Å². The molecule has 1 amide bonds. The lowest BCUT2D eigenvalue weighted by Crippen LogP contribution is -2.46. The summed E-state index contributed by atoms with van der Waals surface area (Å²) in [5, 5.41) is 7.86. The highest BCUT2D eigenvalue weighted by molar-refractivity contribution is 6.05. The maximum Gasteiger partial charge on any atom is 0.328 e. The summed E-state index contributed by atoms with van der Waals surface area (Å²) < 4.78 is 6.10. The predicted octanol–water partition coefficient (Wildman–Crippen LogP) is 2.29. The molecule has 1 aromatic heterocycles. The van der Waals surface area contributed by atoms with E-state index in [1.54, 1.807) is 24.3 Å². The minimum atomic E-state index is -0.780. The molecule has 0 bridgehead atoms. The number of hydrogen-bond donors (Lipinski definition) is 1. The number of nitrogens with one attached hydrogen (secondary N) is 1. The van der Waals surface area contributed by atoms with Gasteiger partial charge in [0.15, 0.2) is 5.69 Å². The molecule has 26 heavy (non-hydrogen) atoms. The molecule has 2 atom stereocenters. The van der Waals surface area contributed by atoms with Gasteiger partial charge >= 0.3 is 5.97 Å². The highest BCUT2D eigenvalue weighted by Gasteiger charge is 2.28. The molecule has 0 radical (unpaired) electrons. The first-order valence-electron chi connectivity index (χ1n) is 8.72. The average molecular weight is 359 g/mol. The van der Waals surface area contributed by atoms with Crippen LogP contribution in [0, 0.1) is 5.92 Å². The summed E-state index contributed by atoms with van der Waals surface area (Å²) in [6, 6.07) is 5.85. The van der Waals surface area contributed by atoms with Crippen molar-refractivity contribution < 1.29 is 14.3 Å². The Morgan fingerprint density at radius 1 is 1.19 bits per heavy atom. The van der Waals surface area contributed by atoms with E-state index in [0.29, 0.717) is 17.2 Å². The van der Waals surface area contributed by atoms with E-state index in [1.807, 2.05) is 27.7 Å². The van der Waals surface area contributed by atoms with Gasteiger partial charge in [0.2, 0.25) is 0 Å². The van der Waals surface area contributed by atoms with E-state index in [-0.39, 0.29) is 23.2 Å². The number of aromatic nitrogens is 2. The van der Waals surface area contributed by atoms with Gasteiger partial charge in [-0.1, -0.05) is 38.5 Å². The van der Waals surface area contributed by atoms with Crippen LogP contribution < -0.4 is 10.9 Å². The van der Waals surface area contributed by atoms with Crippen LogP contribution in [0.15, 0.2) is 29.1 Å². The minimum absolute atomic E-state index is 0.103. The van der Waals surface area contributed by atoms with Gasteiger partial charge in [-0.2, -0.15) is 5.10 Å². The highest BCUT2D eigenvalue weighted by Crippen LogP contribution is 2.16. The number of fused-ring (bicyclic) bond motifs is 1. The van der Waals surface area contributed by atoms with Crippen LogP contribution in [0.5, 0.6) is 0 Å². The van der Waals surface area contributed by atoms with Crippen LogP contribution in [0.25, 0.3) is 10.8 Å². The standard InChI is InChI=1S/C19H25N3O4/c1-6-12(4)15(19(25)26-5)20-17(23)16-13-9-7-8-10-14(13)18(24)22(21-16)11(2)3/h7-12,15H,6H2,1-5H3,(H,20,23). The van der Waals surface area contributed by atoms with Crippen molar-refractivity contribution in [2.45, 2.75) is 46.2 Å². The Balaban J connectivity index is 2.54. The molecule has 0 fully saturated rings. The minimum Gasteiger partial charge on any atom is -0.467 e. The lowest BCUT2D eigenvalue weighted by atomic mass is 9.99. The number of esters is 1. The van der Waals surface area contributed by atoms with Crippen molar-refractivity contribution in [2.24, 2.45) is 5.92 Å². The Morgan fingerprint density at radius 2 is 1.81 bits per heavy atom. The maximum atomic E-state index is 12.9. The lowest BCUT2D eigenvalue weighted by molar-refractivity contribution is -0.144. The van der Waals surface area contributed by atoms with Crippen LogP contribution in [0.2, 0.25) is 0 Å². The number of amides is 1. The smallest absolute Gasteiger partial charge is 0.328 e. The second-order valence-corrected chi connectivity index (χ2v) is 6.60. The quantitative estimate of drug-likeness (QED) is 0.799. The molecule has 1 aromatic carbocycles. The monoisotopic (exact) mass is 359 g/mol. The van der Waals surface area contributed by atoms with Crippen LogP contribution in [0.3, 0.4) is 0 Å². The summed E-state index contributed by atoms with van der Waals surface area (Å²) in [4.78, 5) is 37.5. The SMILES string of the molecule is CCC(C)C(NC(=O)c1nn(C(C)C)c(=O)c2ccccc12)C(=O)OC. The molecule has 0 saturated heterocycles. The van der Waals surface area contributed by atoms with Crippen LogP contribution >= 0.6 is 0 Å². The third-order valence-corrected chi connectivity index (χ3v) is 4.49. The fraction of sp³-hybridized carbons (Fsp3) is 0.474. The van der Waals surface area contributed by atoms with E-state index >= 15 is 0 Å². The number of carbonyl (C=O) groups excluding carboxylic acids is 2. The number of methoxy groups -OCH3 is 1. The first kappa shape index (κ1) is 19.6. The molecule has 2 aromatic rings. The second-order valence-electron chi connectivity index (χ2n) is 6.60. The summed E-state index contributed by atoms with van der Waals surface area (Å²) in [7, 11) is 1.29. The van der Waals surface area contributed by atoms with Crippen molar-refractivity contribution >= 4 is 22.6 Å². The number of hydrogen-bond acceptors (Lipinski definition) is 5. The zero-order chi connectivity index (χ0) is 19.4. The van der Waals surface area contributed by atoms with E-state index in [9.17, 15) is 14.4 Å². The highest BCUT2D eigenvalue weighted by atomic mass is 16.5. The molecule has 2 unspecified atom stereocenters. The Morgan fingerprint density at radius 3 is 2.35 bits per heavy atom. The molecule has 0 saturated carbocycles. The van der Waals surface area contributed by atoms with Crippen molar-refractivity contribution in [2.75, 3.05) is 7.11 Å². The Bertz CT molecular complexity index is 873. The number of ether oxygens (including phenoxy) is 1. The Hall–Kier alpha value is -2.70. The largest absolute Gasteiger partial charge is 0.467 e. The molecule has 0 aliphatic rings. The van der Waals surface area contributed by atoms with Crippen LogP contribution in [0.4, 0.5) is 0 Å².